The van der Waals surface area contributed by atoms with Crippen molar-refractivity contribution in [3.05, 3.63) is 63.0 Å². The molecule has 0 radical (unpaired) electrons. The number of nitro benzene ring substituents is 1. The first-order valence-electron chi connectivity index (χ1n) is 10.2. The Bertz CT molecular complexity index is 1150. The van der Waals surface area contributed by atoms with Crippen LogP contribution in [0.5, 0.6) is 5.75 Å². The third-order valence-electron chi connectivity index (χ3n) is 5.31. The van der Waals surface area contributed by atoms with Crippen LogP contribution in [0.4, 0.5) is 16.5 Å². The molecule has 0 spiro atoms. The van der Waals surface area contributed by atoms with Gasteiger partial charge in [0.1, 0.15) is 5.75 Å². The molecule has 2 aromatic carbocycles. The molecule has 1 amide bonds. The van der Waals surface area contributed by atoms with Crippen LogP contribution in [0.2, 0.25) is 5.02 Å². The van der Waals surface area contributed by atoms with E-state index in [1.165, 1.54) is 25.3 Å². The van der Waals surface area contributed by atoms with Gasteiger partial charge in [-0.3, -0.25) is 19.8 Å². The van der Waals surface area contributed by atoms with Crippen LogP contribution in [0, 0.1) is 10.1 Å². The number of nitrogens with one attached hydrogen (secondary N) is 1. The minimum atomic E-state index is -0.505. The lowest BCUT2D eigenvalue weighted by atomic mass is 10.2. The van der Waals surface area contributed by atoms with Crippen LogP contribution in [-0.2, 0) is 4.79 Å². The van der Waals surface area contributed by atoms with E-state index in [0.717, 1.165) is 42.6 Å². The Balaban J connectivity index is 1.30. The topological polar surface area (TPSA) is 101 Å². The van der Waals surface area contributed by atoms with Crippen molar-refractivity contribution in [1.29, 1.82) is 0 Å². The monoisotopic (exact) mass is 487 g/mol. The maximum Gasteiger partial charge on any atom is 0.273 e. The minimum Gasteiger partial charge on any atom is -0.494 e. The van der Waals surface area contributed by atoms with Crippen LogP contribution in [-0.4, -0.2) is 60.5 Å². The van der Waals surface area contributed by atoms with E-state index < -0.39 is 4.92 Å². The molecular formula is C22H22ClN5O4S. The van der Waals surface area contributed by atoms with Crippen molar-refractivity contribution in [3.8, 4) is 17.0 Å². The molecule has 1 saturated heterocycles. The summed E-state index contributed by atoms with van der Waals surface area (Å²) in [6.07, 6.45) is 0. The number of nitro groups is 1. The van der Waals surface area contributed by atoms with Crippen molar-refractivity contribution in [2.24, 2.45) is 0 Å². The molecule has 1 aromatic heterocycles. The molecule has 1 aliphatic rings. The van der Waals surface area contributed by atoms with E-state index in [4.69, 9.17) is 21.3 Å². The molecule has 33 heavy (non-hydrogen) atoms. The second-order valence-corrected chi connectivity index (χ2v) is 8.75. The summed E-state index contributed by atoms with van der Waals surface area (Å²) in [7, 11) is 1.41. The molecule has 11 heteroatoms. The van der Waals surface area contributed by atoms with E-state index in [0.29, 0.717) is 10.7 Å². The molecule has 0 bridgehead atoms. The zero-order chi connectivity index (χ0) is 23.4. The van der Waals surface area contributed by atoms with Crippen LogP contribution in [0.15, 0.2) is 47.8 Å². The highest BCUT2D eigenvalue weighted by Gasteiger charge is 2.22. The number of carbonyl (C=O) groups is 1. The van der Waals surface area contributed by atoms with Gasteiger partial charge in [0.2, 0.25) is 5.91 Å². The number of thiazole rings is 1. The Labute approximate surface area is 199 Å². The zero-order valence-electron chi connectivity index (χ0n) is 17.9. The molecule has 0 atom stereocenters. The number of hydrogen-bond acceptors (Lipinski definition) is 8. The number of halogens is 1. The van der Waals surface area contributed by atoms with Gasteiger partial charge >= 0.3 is 0 Å². The fraction of sp³-hybridized carbons (Fsp3) is 0.273. The highest BCUT2D eigenvalue weighted by Crippen LogP contribution is 2.30. The van der Waals surface area contributed by atoms with Gasteiger partial charge in [0.25, 0.3) is 5.69 Å². The molecule has 0 aliphatic carbocycles. The highest BCUT2D eigenvalue weighted by molar-refractivity contribution is 7.14. The van der Waals surface area contributed by atoms with Crippen LogP contribution in [0.3, 0.4) is 0 Å². The van der Waals surface area contributed by atoms with E-state index >= 15 is 0 Å². The molecule has 4 rings (SSSR count). The number of hydrogen-bond donors (Lipinski definition) is 1. The van der Waals surface area contributed by atoms with Gasteiger partial charge in [0.15, 0.2) is 5.13 Å². The summed E-state index contributed by atoms with van der Waals surface area (Å²) in [5, 5.41) is 17.4. The number of nitrogens with zero attached hydrogens (tertiary/aromatic N) is 4. The molecule has 3 aromatic rings. The summed E-state index contributed by atoms with van der Waals surface area (Å²) < 4.78 is 5.18. The summed E-state index contributed by atoms with van der Waals surface area (Å²) in [5.74, 6) is 0.0532. The quantitative estimate of drug-likeness (QED) is 0.394. The lowest BCUT2D eigenvalue weighted by Gasteiger charge is -2.34. The summed E-state index contributed by atoms with van der Waals surface area (Å²) in [6.45, 7) is 3.20. The Morgan fingerprint density at radius 2 is 1.94 bits per heavy atom. The third kappa shape index (κ3) is 5.59. The second kappa shape index (κ2) is 10.2. The number of piperazine rings is 1. The summed E-state index contributed by atoms with van der Waals surface area (Å²) in [4.78, 5) is 32.0. The first kappa shape index (κ1) is 23.0. The number of non-ortho nitro benzene ring substituents is 1. The van der Waals surface area contributed by atoms with E-state index in [-0.39, 0.29) is 23.9 Å². The standard InChI is InChI=1S/C22H22ClN5O4S/c1-32-20-12-17(28(30)31)6-7-18(20)24-21(29)13-26-8-10-27(11-9-26)22-25-19(14-33-22)15-2-4-16(23)5-3-15/h2-7,12,14H,8-11,13H2,1H3,(H,24,29). The molecule has 1 N–H and O–H groups in total. The Kier molecular flexibility index (Phi) is 7.07. The van der Waals surface area contributed by atoms with Gasteiger partial charge in [-0.1, -0.05) is 23.7 Å². The van der Waals surface area contributed by atoms with Crippen molar-refractivity contribution >= 4 is 45.4 Å². The number of methoxy groups -OCH3 is 1. The number of benzene rings is 2. The lowest BCUT2D eigenvalue weighted by Crippen LogP contribution is -2.48. The largest absolute Gasteiger partial charge is 0.494 e. The van der Waals surface area contributed by atoms with Gasteiger partial charge < -0.3 is 15.0 Å². The number of ether oxygens (including phenoxy) is 1. The predicted octanol–water partition coefficient (Wildman–Crippen LogP) is 4.14. The highest BCUT2D eigenvalue weighted by atomic mass is 35.5. The van der Waals surface area contributed by atoms with Gasteiger partial charge in [0, 0.05) is 48.2 Å². The fourth-order valence-electron chi connectivity index (χ4n) is 3.55. The molecule has 9 nitrogen and oxygen atoms in total. The van der Waals surface area contributed by atoms with E-state index in [9.17, 15) is 14.9 Å². The fourth-order valence-corrected chi connectivity index (χ4v) is 4.56. The van der Waals surface area contributed by atoms with Crippen molar-refractivity contribution in [2.75, 3.05) is 50.1 Å². The number of rotatable bonds is 7. The molecule has 1 fully saturated rings. The van der Waals surface area contributed by atoms with E-state index in [2.05, 4.69) is 15.1 Å². The molecule has 0 unspecified atom stereocenters. The van der Waals surface area contributed by atoms with E-state index in [1.54, 1.807) is 11.3 Å². The number of anilines is 2. The number of carbonyl (C=O) groups excluding carboxylic acids is 1. The average Bonchev–Trinajstić information content (AvgIpc) is 3.30. The van der Waals surface area contributed by atoms with Gasteiger partial charge in [-0.2, -0.15) is 0 Å². The number of aromatic nitrogens is 1. The Hall–Kier alpha value is -3.21. The van der Waals surface area contributed by atoms with Crippen molar-refractivity contribution in [3.63, 3.8) is 0 Å². The van der Waals surface area contributed by atoms with Gasteiger partial charge in [0.05, 0.1) is 36.0 Å². The van der Waals surface area contributed by atoms with Crippen molar-refractivity contribution in [2.45, 2.75) is 0 Å². The maximum atomic E-state index is 12.5. The first-order chi connectivity index (χ1) is 15.9. The summed E-state index contributed by atoms with van der Waals surface area (Å²) in [5.41, 5.74) is 2.26. The SMILES string of the molecule is COc1cc([N+](=O)[O-])ccc1NC(=O)CN1CCN(c2nc(-c3ccc(Cl)cc3)cs2)CC1. The van der Waals surface area contributed by atoms with Gasteiger partial charge in [-0.05, 0) is 18.2 Å². The predicted molar refractivity (Wildman–Crippen MR) is 129 cm³/mol. The molecule has 1 aliphatic heterocycles. The summed E-state index contributed by atoms with van der Waals surface area (Å²) in [6, 6.07) is 11.7. The Morgan fingerprint density at radius 3 is 2.61 bits per heavy atom. The van der Waals surface area contributed by atoms with Crippen LogP contribution in [0.1, 0.15) is 0 Å². The summed E-state index contributed by atoms with van der Waals surface area (Å²) >= 11 is 7.57. The minimum absolute atomic E-state index is 0.0950. The average molecular weight is 488 g/mol. The molecule has 172 valence electrons. The van der Waals surface area contributed by atoms with Gasteiger partial charge in [-0.15, -0.1) is 11.3 Å². The smallest absolute Gasteiger partial charge is 0.273 e. The van der Waals surface area contributed by atoms with Crippen LogP contribution >= 0.6 is 22.9 Å². The normalized spacial score (nSPS) is 14.2. The second-order valence-electron chi connectivity index (χ2n) is 7.48. The van der Waals surface area contributed by atoms with Crippen molar-refractivity contribution < 1.29 is 14.5 Å². The maximum absolute atomic E-state index is 12.5. The number of amides is 1. The first-order valence-corrected chi connectivity index (χ1v) is 11.5. The third-order valence-corrected chi connectivity index (χ3v) is 6.47. The molecule has 0 saturated carbocycles. The van der Waals surface area contributed by atoms with E-state index in [1.807, 2.05) is 29.6 Å². The molecular weight excluding hydrogens is 466 g/mol. The van der Waals surface area contributed by atoms with Crippen LogP contribution < -0.4 is 15.0 Å². The van der Waals surface area contributed by atoms with Gasteiger partial charge in [-0.25, -0.2) is 4.98 Å². The zero-order valence-corrected chi connectivity index (χ0v) is 19.4. The lowest BCUT2D eigenvalue weighted by molar-refractivity contribution is -0.384. The van der Waals surface area contributed by atoms with Crippen LogP contribution in [0.25, 0.3) is 11.3 Å². The Morgan fingerprint density at radius 1 is 1.21 bits per heavy atom. The molecule has 2 heterocycles. The van der Waals surface area contributed by atoms with Crippen molar-refractivity contribution in [1.82, 2.24) is 9.88 Å².